The highest BCUT2D eigenvalue weighted by Gasteiger charge is 2.14. The molecule has 0 saturated heterocycles. The van der Waals surface area contributed by atoms with Crippen molar-refractivity contribution < 1.29 is 18.7 Å². The van der Waals surface area contributed by atoms with Crippen molar-refractivity contribution in [2.75, 3.05) is 17.2 Å². The Kier molecular flexibility index (Phi) is 6.68. The summed E-state index contributed by atoms with van der Waals surface area (Å²) in [7, 11) is 0. The molecule has 0 spiro atoms. The van der Waals surface area contributed by atoms with Gasteiger partial charge in [0.1, 0.15) is 11.3 Å². The summed E-state index contributed by atoms with van der Waals surface area (Å²) in [5, 5.41) is 6.04. The lowest BCUT2D eigenvalue weighted by molar-refractivity contribution is -0.118. The van der Waals surface area contributed by atoms with E-state index < -0.39 is 0 Å². The van der Waals surface area contributed by atoms with Gasteiger partial charge in [0.15, 0.2) is 12.0 Å². The fourth-order valence-electron chi connectivity index (χ4n) is 3.50. The van der Waals surface area contributed by atoms with Crippen LogP contribution in [0.2, 0.25) is 0 Å². The Balaban J connectivity index is 1.35. The molecular weight excluding hydrogens is 444 g/mol. The van der Waals surface area contributed by atoms with Gasteiger partial charge in [0, 0.05) is 29.1 Å². The Bertz CT molecular complexity index is 1430. The van der Waals surface area contributed by atoms with Gasteiger partial charge in [-0.15, -0.1) is 0 Å². The first-order valence-electron chi connectivity index (χ1n) is 11.2. The number of rotatable bonds is 6. The van der Waals surface area contributed by atoms with Crippen molar-refractivity contribution in [2.45, 2.75) is 26.2 Å². The summed E-state index contributed by atoms with van der Waals surface area (Å²) in [5.74, 6) is -0.207. The molecule has 2 amide bonds. The van der Waals surface area contributed by atoms with Crippen molar-refractivity contribution in [2.24, 2.45) is 0 Å². The van der Waals surface area contributed by atoms with Crippen LogP contribution in [0.1, 0.15) is 36.7 Å². The highest BCUT2D eigenvalue weighted by Crippen LogP contribution is 2.23. The van der Waals surface area contributed by atoms with Crippen LogP contribution in [0.4, 0.5) is 11.4 Å². The summed E-state index contributed by atoms with van der Waals surface area (Å²) in [6, 6.07) is 20.5. The first-order chi connectivity index (χ1) is 16.7. The second-order valence-electron chi connectivity index (χ2n) is 9.14. The normalized spacial score (nSPS) is 11.2. The van der Waals surface area contributed by atoms with Gasteiger partial charge >= 0.3 is 0 Å². The maximum Gasteiger partial charge on any atom is 0.262 e. The molecule has 1 heterocycles. The number of benzene rings is 3. The molecule has 0 fully saturated rings. The maximum absolute atomic E-state index is 12.6. The van der Waals surface area contributed by atoms with Gasteiger partial charge in [-0.2, -0.15) is 0 Å². The third-order valence-corrected chi connectivity index (χ3v) is 5.42. The van der Waals surface area contributed by atoms with Gasteiger partial charge in [0.05, 0.1) is 11.6 Å². The van der Waals surface area contributed by atoms with Gasteiger partial charge in [-0.3, -0.25) is 14.4 Å². The minimum absolute atomic E-state index is 0.00926. The molecule has 35 heavy (non-hydrogen) atoms. The second-order valence-corrected chi connectivity index (χ2v) is 9.14. The molecule has 1 aromatic heterocycles. The number of amides is 2. The molecule has 3 aromatic carbocycles. The zero-order chi connectivity index (χ0) is 25.0. The summed E-state index contributed by atoms with van der Waals surface area (Å²) in [5.41, 5.74) is 3.01. The summed E-state index contributed by atoms with van der Waals surface area (Å²) in [6.07, 6.45) is 1.31. The van der Waals surface area contributed by atoms with Crippen LogP contribution in [0, 0.1) is 0 Å². The lowest BCUT2D eigenvalue weighted by atomic mass is 9.87. The van der Waals surface area contributed by atoms with Crippen LogP contribution in [-0.4, -0.2) is 18.4 Å². The highest BCUT2D eigenvalue weighted by molar-refractivity contribution is 6.04. The van der Waals surface area contributed by atoms with E-state index in [9.17, 15) is 14.4 Å². The number of anilines is 2. The fraction of sp³-hybridized carbons (Fsp3) is 0.179. The Morgan fingerprint density at radius 1 is 0.886 bits per heavy atom. The number of carbonyl (C=O) groups excluding carboxylic acids is 2. The number of fused-ring (bicyclic) bond motifs is 1. The standard InChI is InChI=1S/C28H26N2O5/c1-28(2,3)19-9-7-18(8-10-19)27(33)30-21-6-4-5-20(15-21)29-26(32)17-35-22-11-12-23-24(31)13-14-34-25(23)16-22/h4-16H,17H2,1-3H3,(H,29,32)(H,30,33). The van der Waals surface area contributed by atoms with E-state index in [2.05, 4.69) is 31.4 Å². The van der Waals surface area contributed by atoms with Crippen LogP contribution >= 0.6 is 0 Å². The van der Waals surface area contributed by atoms with Crippen LogP contribution in [0.25, 0.3) is 11.0 Å². The van der Waals surface area contributed by atoms with Gasteiger partial charge in [0.25, 0.3) is 11.8 Å². The van der Waals surface area contributed by atoms with Crippen LogP contribution in [-0.2, 0) is 10.2 Å². The molecule has 4 aromatic rings. The van der Waals surface area contributed by atoms with Crippen molar-refractivity contribution in [1.29, 1.82) is 0 Å². The first-order valence-corrected chi connectivity index (χ1v) is 11.2. The molecular formula is C28H26N2O5. The van der Waals surface area contributed by atoms with E-state index in [0.29, 0.717) is 33.7 Å². The molecule has 4 rings (SSSR count). The van der Waals surface area contributed by atoms with Crippen LogP contribution in [0.5, 0.6) is 5.75 Å². The molecule has 0 saturated carbocycles. The van der Waals surface area contributed by atoms with E-state index in [-0.39, 0.29) is 29.3 Å². The van der Waals surface area contributed by atoms with Gasteiger partial charge in [0.2, 0.25) is 0 Å². The Morgan fingerprint density at radius 3 is 2.31 bits per heavy atom. The van der Waals surface area contributed by atoms with Gasteiger partial charge in [-0.05, 0) is 53.4 Å². The molecule has 0 aliphatic heterocycles. The van der Waals surface area contributed by atoms with Crippen molar-refractivity contribution in [3.8, 4) is 5.75 Å². The van der Waals surface area contributed by atoms with Gasteiger partial charge < -0.3 is 19.8 Å². The predicted molar refractivity (Wildman–Crippen MR) is 136 cm³/mol. The molecule has 7 nitrogen and oxygen atoms in total. The van der Waals surface area contributed by atoms with E-state index in [1.54, 1.807) is 54.6 Å². The molecule has 178 valence electrons. The molecule has 0 unspecified atom stereocenters. The molecule has 0 bridgehead atoms. The third kappa shape index (κ3) is 5.95. The van der Waals surface area contributed by atoms with Crippen molar-refractivity contribution in [3.05, 3.63) is 100 Å². The summed E-state index contributed by atoms with van der Waals surface area (Å²) in [6.45, 7) is 6.12. The van der Waals surface area contributed by atoms with Crippen molar-refractivity contribution in [1.82, 2.24) is 0 Å². The van der Waals surface area contributed by atoms with E-state index in [1.807, 2.05) is 12.1 Å². The van der Waals surface area contributed by atoms with E-state index in [1.165, 1.54) is 12.3 Å². The summed E-state index contributed by atoms with van der Waals surface area (Å²) >= 11 is 0. The summed E-state index contributed by atoms with van der Waals surface area (Å²) in [4.78, 5) is 36.8. The SMILES string of the molecule is CC(C)(C)c1ccc(C(=O)Nc2cccc(NC(=O)COc3ccc4c(=O)ccoc4c3)c2)cc1. The van der Waals surface area contributed by atoms with Crippen LogP contribution in [0.3, 0.4) is 0 Å². The van der Waals surface area contributed by atoms with E-state index in [4.69, 9.17) is 9.15 Å². The number of carbonyl (C=O) groups is 2. The van der Waals surface area contributed by atoms with Gasteiger partial charge in [-0.1, -0.05) is 39.0 Å². The summed E-state index contributed by atoms with van der Waals surface area (Å²) < 4.78 is 10.8. The minimum Gasteiger partial charge on any atom is -0.484 e. The maximum atomic E-state index is 12.6. The van der Waals surface area contributed by atoms with Crippen molar-refractivity contribution >= 4 is 34.2 Å². The Morgan fingerprint density at radius 2 is 1.60 bits per heavy atom. The third-order valence-electron chi connectivity index (χ3n) is 5.42. The zero-order valence-corrected chi connectivity index (χ0v) is 19.8. The Hall–Kier alpha value is -4.39. The number of nitrogens with one attached hydrogen (secondary N) is 2. The average molecular weight is 471 g/mol. The number of ether oxygens (including phenoxy) is 1. The molecule has 2 N–H and O–H groups in total. The van der Waals surface area contributed by atoms with Gasteiger partial charge in [-0.25, -0.2) is 0 Å². The Labute approximate surface area is 202 Å². The average Bonchev–Trinajstić information content (AvgIpc) is 2.82. The monoisotopic (exact) mass is 470 g/mol. The largest absolute Gasteiger partial charge is 0.484 e. The zero-order valence-electron chi connectivity index (χ0n) is 19.8. The molecule has 0 atom stereocenters. The number of hydrogen-bond donors (Lipinski definition) is 2. The topological polar surface area (TPSA) is 97.6 Å². The predicted octanol–water partition coefficient (Wildman–Crippen LogP) is 5.36. The quantitative estimate of drug-likeness (QED) is 0.395. The minimum atomic E-state index is -0.374. The second kappa shape index (κ2) is 9.85. The molecule has 0 radical (unpaired) electrons. The lowest BCUT2D eigenvalue weighted by Crippen LogP contribution is -2.20. The molecule has 7 heteroatoms. The molecule has 0 aliphatic rings. The number of hydrogen-bond acceptors (Lipinski definition) is 5. The fourth-order valence-corrected chi connectivity index (χ4v) is 3.50. The highest BCUT2D eigenvalue weighted by atomic mass is 16.5. The van der Waals surface area contributed by atoms with E-state index >= 15 is 0 Å². The van der Waals surface area contributed by atoms with Crippen LogP contribution in [0.15, 0.2) is 88.3 Å². The smallest absolute Gasteiger partial charge is 0.262 e. The first kappa shape index (κ1) is 23.8. The van der Waals surface area contributed by atoms with Crippen LogP contribution < -0.4 is 20.8 Å². The van der Waals surface area contributed by atoms with E-state index in [0.717, 1.165) is 5.56 Å². The molecule has 0 aliphatic carbocycles. The van der Waals surface area contributed by atoms with Crippen molar-refractivity contribution in [3.63, 3.8) is 0 Å². The lowest BCUT2D eigenvalue weighted by Gasteiger charge is -2.19.